The smallest absolute Gasteiger partial charge is 0.348 e. The second-order valence-electron chi connectivity index (χ2n) is 6.37. The molecule has 1 aliphatic rings. The van der Waals surface area contributed by atoms with E-state index in [-0.39, 0.29) is 10.7 Å². The molecule has 27 heavy (non-hydrogen) atoms. The van der Waals surface area contributed by atoms with Crippen LogP contribution in [0, 0.1) is 0 Å². The summed E-state index contributed by atoms with van der Waals surface area (Å²) in [4.78, 5) is 4.35. The lowest BCUT2D eigenvalue weighted by molar-refractivity contribution is -0.137. The Bertz CT molecular complexity index is 781. The summed E-state index contributed by atoms with van der Waals surface area (Å²) in [5.41, 5.74) is 0.718. The van der Waals surface area contributed by atoms with Crippen LogP contribution in [0.25, 0.3) is 0 Å². The van der Waals surface area contributed by atoms with Crippen LogP contribution in [-0.2, 0) is 12.7 Å². The molecule has 0 aliphatic carbocycles. The molecule has 0 saturated carbocycles. The zero-order valence-electron chi connectivity index (χ0n) is 14.4. The Hall–Kier alpha value is -1.35. The Morgan fingerprint density at radius 1 is 1.19 bits per heavy atom. The first kappa shape index (κ1) is 20.4. The maximum atomic E-state index is 12.9. The van der Waals surface area contributed by atoms with Crippen molar-refractivity contribution < 1.29 is 13.2 Å². The van der Waals surface area contributed by atoms with E-state index in [0.717, 1.165) is 44.7 Å². The van der Waals surface area contributed by atoms with Gasteiger partial charge in [0.15, 0.2) is 5.11 Å². The highest BCUT2D eigenvalue weighted by atomic mass is 35.5. The molecule has 0 bridgehead atoms. The average Bonchev–Trinajstić information content (AvgIpc) is 3.00. The van der Waals surface area contributed by atoms with Crippen LogP contribution in [0.15, 0.2) is 35.0 Å². The van der Waals surface area contributed by atoms with Gasteiger partial charge in [-0.1, -0.05) is 11.6 Å². The first-order valence-corrected chi connectivity index (χ1v) is 10.2. The quantitative estimate of drug-likeness (QED) is 0.659. The monoisotopic (exact) mass is 433 g/mol. The molecule has 2 heterocycles. The van der Waals surface area contributed by atoms with Crippen molar-refractivity contribution in [1.29, 1.82) is 0 Å². The summed E-state index contributed by atoms with van der Waals surface area (Å²) in [5, 5.41) is 7.70. The predicted octanol–water partition coefficient (Wildman–Crippen LogP) is 5.33. The molecule has 1 N–H and O–H groups in total. The first-order valence-electron chi connectivity index (χ1n) is 8.49. The van der Waals surface area contributed by atoms with E-state index in [4.69, 9.17) is 23.8 Å². The molecule has 0 unspecified atom stereocenters. The molecule has 9 heteroatoms. The first-order chi connectivity index (χ1) is 12.8. The fourth-order valence-electron chi connectivity index (χ4n) is 2.96. The summed E-state index contributed by atoms with van der Waals surface area (Å²) in [6.45, 7) is 4.17. The van der Waals surface area contributed by atoms with Crippen LogP contribution in [0.1, 0.15) is 17.5 Å². The number of nitrogens with one attached hydrogen (secondary N) is 1. The molecule has 0 amide bonds. The van der Waals surface area contributed by atoms with Gasteiger partial charge in [0.2, 0.25) is 0 Å². The van der Waals surface area contributed by atoms with Crippen LogP contribution < -0.4 is 5.32 Å². The van der Waals surface area contributed by atoms with Gasteiger partial charge in [0.25, 0.3) is 0 Å². The predicted molar refractivity (Wildman–Crippen MR) is 108 cm³/mol. The van der Waals surface area contributed by atoms with E-state index < -0.39 is 11.7 Å². The van der Waals surface area contributed by atoms with Gasteiger partial charge in [-0.25, -0.2) is 0 Å². The van der Waals surface area contributed by atoms with Crippen LogP contribution >= 0.6 is 35.2 Å². The van der Waals surface area contributed by atoms with Gasteiger partial charge < -0.3 is 10.2 Å². The number of halogens is 4. The molecule has 1 aliphatic heterocycles. The van der Waals surface area contributed by atoms with Crippen molar-refractivity contribution in [2.45, 2.75) is 19.1 Å². The molecule has 146 valence electrons. The van der Waals surface area contributed by atoms with E-state index in [9.17, 15) is 13.2 Å². The second-order valence-corrected chi connectivity index (χ2v) is 7.94. The zero-order valence-corrected chi connectivity index (χ0v) is 16.8. The van der Waals surface area contributed by atoms with Crippen molar-refractivity contribution in [2.75, 3.05) is 31.5 Å². The summed E-state index contributed by atoms with van der Waals surface area (Å²) in [6.07, 6.45) is -3.49. The molecule has 1 aromatic carbocycles. The lowest BCUT2D eigenvalue weighted by Crippen LogP contribution is -2.37. The summed E-state index contributed by atoms with van der Waals surface area (Å²) in [6, 6.07) is 5.32. The maximum Gasteiger partial charge on any atom is 0.416 e. The number of benzene rings is 1. The number of thiophene rings is 1. The van der Waals surface area contributed by atoms with Gasteiger partial charge in [0.1, 0.15) is 0 Å². The normalized spacial score (nSPS) is 16.2. The van der Waals surface area contributed by atoms with Crippen molar-refractivity contribution in [3.63, 3.8) is 0 Å². The SMILES string of the molecule is FC(F)(F)c1ccc(Cl)c(NC(=S)N2CCCN(Cc3ccsc3)CC2)c1. The molecular weight excluding hydrogens is 415 g/mol. The third-order valence-corrected chi connectivity index (χ3v) is 5.82. The fourth-order valence-corrected chi connectivity index (χ4v) is 4.08. The van der Waals surface area contributed by atoms with Crippen LogP contribution in [0.2, 0.25) is 5.02 Å². The lowest BCUT2D eigenvalue weighted by Gasteiger charge is -2.25. The Morgan fingerprint density at radius 2 is 2.00 bits per heavy atom. The third-order valence-electron chi connectivity index (χ3n) is 4.40. The molecule has 3 nitrogen and oxygen atoms in total. The van der Waals surface area contributed by atoms with Crippen LogP contribution in [-0.4, -0.2) is 41.1 Å². The summed E-state index contributed by atoms with van der Waals surface area (Å²) >= 11 is 13.2. The second kappa shape index (κ2) is 8.77. The summed E-state index contributed by atoms with van der Waals surface area (Å²) < 4.78 is 38.8. The van der Waals surface area contributed by atoms with Gasteiger partial charge in [-0.2, -0.15) is 24.5 Å². The summed E-state index contributed by atoms with van der Waals surface area (Å²) in [5.74, 6) is 0. The van der Waals surface area contributed by atoms with Crippen molar-refractivity contribution in [1.82, 2.24) is 9.80 Å². The minimum atomic E-state index is -4.42. The van der Waals surface area contributed by atoms with E-state index in [1.54, 1.807) is 11.3 Å². The Balaban J connectivity index is 1.61. The van der Waals surface area contributed by atoms with Crippen molar-refractivity contribution in [3.05, 3.63) is 51.2 Å². The largest absolute Gasteiger partial charge is 0.416 e. The average molecular weight is 434 g/mol. The molecule has 3 rings (SSSR count). The Labute approximate surface area is 170 Å². The minimum absolute atomic E-state index is 0.177. The van der Waals surface area contributed by atoms with Gasteiger partial charge >= 0.3 is 6.18 Å². The number of hydrogen-bond acceptors (Lipinski definition) is 3. The van der Waals surface area contributed by atoms with Crippen molar-refractivity contribution >= 4 is 46.0 Å². The van der Waals surface area contributed by atoms with Crippen molar-refractivity contribution in [3.8, 4) is 0 Å². The number of thiocarbonyl (C=S) groups is 1. The third kappa shape index (κ3) is 5.57. The molecule has 0 spiro atoms. The Kier molecular flexibility index (Phi) is 6.62. The molecule has 0 atom stereocenters. The van der Waals surface area contributed by atoms with Crippen LogP contribution in [0.3, 0.4) is 0 Å². The zero-order chi connectivity index (χ0) is 19.4. The standard InChI is InChI=1S/C18H19ClF3N3S2/c19-15-3-2-14(18(20,21)22)10-16(15)23-17(26)25-6-1-5-24(7-8-25)11-13-4-9-27-12-13/h2-4,9-10,12H,1,5-8,11H2,(H,23,26). The van der Waals surface area contributed by atoms with Gasteiger partial charge in [-0.3, -0.25) is 4.90 Å². The highest BCUT2D eigenvalue weighted by molar-refractivity contribution is 7.80. The van der Waals surface area contributed by atoms with Gasteiger partial charge in [0, 0.05) is 32.7 Å². The molecule has 2 aromatic rings. The number of hydrogen-bond donors (Lipinski definition) is 1. The lowest BCUT2D eigenvalue weighted by atomic mass is 10.2. The number of rotatable bonds is 3. The van der Waals surface area contributed by atoms with Crippen LogP contribution in [0.4, 0.5) is 18.9 Å². The summed E-state index contributed by atoms with van der Waals surface area (Å²) in [7, 11) is 0. The highest BCUT2D eigenvalue weighted by Gasteiger charge is 2.31. The molecule has 0 radical (unpaired) electrons. The van der Waals surface area contributed by atoms with E-state index in [0.29, 0.717) is 11.7 Å². The topological polar surface area (TPSA) is 18.5 Å². The Morgan fingerprint density at radius 3 is 2.70 bits per heavy atom. The van der Waals surface area contributed by atoms with Gasteiger partial charge in [-0.05, 0) is 59.2 Å². The van der Waals surface area contributed by atoms with E-state index in [2.05, 4.69) is 27.0 Å². The number of alkyl halides is 3. The van der Waals surface area contributed by atoms with E-state index >= 15 is 0 Å². The molecular formula is C18H19ClF3N3S2. The van der Waals surface area contributed by atoms with E-state index in [1.807, 2.05) is 4.90 Å². The minimum Gasteiger partial charge on any atom is -0.348 e. The van der Waals surface area contributed by atoms with E-state index in [1.165, 1.54) is 11.6 Å². The fraction of sp³-hybridized carbons (Fsp3) is 0.389. The maximum absolute atomic E-state index is 12.9. The van der Waals surface area contributed by atoms with Gasteiger partial charge in [0.05, 0.1) is 16.3 Å². The molecule has 1 saturated heterocycles. The number of nitrogens with zero attached hydrogens (tertiary/aromatic N) is 2. The van der Waals surface area contributed by atoms with Crippen molar-refractivity contribution in [2.24, 2.45) is 0 Å². The molecule has 1 aromatic heterocycles. The molecule has 1 fully saturated rings. The van der Waals surface area contributed by atoms with Crippen LogP contribution in [0.5, 0.6) is 0 Å². The number of anilines is 1. The van der Waals surface area contributed by atoms with Gasteiger partial charge in [-0.15, -0.1) is 0 Å². The highest BCUT2D eigenvalue weighted by Crippen LogP contribution is 2.34.